The van der Waals surface area contributed by atoms with Gasteiger partial charge in [-0.2, -0.15) is 0 Å². The summed E-state index contributed by atoms with van der Waals surface area (Å²) in [5, 5.41) is 19.3. The van der Waals surface area contributed by atoms with Crippen LogP contribution in [0.4, 0.5) is 22.0 Å². The highest BCUT2D eigenvalue weighted by molar-refractivity contribution is 5.73. The molecule has 1 aromatic heterocycles. The Hall–Kier alpha value is -3.36. The minimum atomic E-state index is -0.446. The first-order chi connectivity index (χ1) is 12.5. The van der Waals surface area contributed by atoms with Crippen molar-refractivity contribution in [3.05, 3.63) is 58.3 Å². The Kier molecular flexibility index (Phi) is 6.72. The van der Waals surface area contributed by atoms with Crippen molar-refractivity contribution in [2.75, 3.05) is 37.4 Å². The highest BCUT2D eigenvalue weighted by atomic mass is 16.6. The molecular formula is C17H22N6O3. The molecule has 1 heterocycles. The lowest BCUT2D eigenvalue weighted by Gasteiger charge is -2.12. The van der Waals surface area contributed by atoms with E-state index in [1.54, 1.807) is 24.4 Å². The maximum Gasteiger partial charge on any atom is 0.315 e. The van der Waals surface area contributed by atoms with Gasteiger partial charge in [-0.05, 0) is 17.7 Å². The van der Waals surface area contributed by atoms with Gasteiger partial charge in [0.05, 0.1) is 4.92 Å². The second-order valence-electron chi connectivity index (χ2n) is 5.73. The summed E-state index contributed by atoms with van der Waals surface area (Å²) in [5.41, 5.74) is 1.32. The number of carbonyl (C=O) groups excluding carboxylic acids is 1. The summed E-state index contributed by atoms with van der Waals surface area (Å²) in [5.74, 6) is 0.847. The lowest BCUT2D eigenvalue weighted by molar-refractivity contribution is -0.384. The van der Waals surface area contributed by atoms with Crippen LogP contribution in [0.3, 0.4) is 0 Å². The standard InChI is InChI=1S/C17H22N6O3/c1-22(2)16-8-7-13(11-20-16)12-21-17(24)19-10-9-18-14-5-3-4-6-15(14)23(25)26/h3-8,11,18H,9-10,12H2,1-2H3,(H2,19,21,24). The van der Waals surface area contributed by atoms with Gasteiger partial charge >= 0.3 is 6.03 Å². The number of amides is 2. The third-order valence-corrected chi connectivity index (χ3v) is 3.55. The first-order valence-corrected chi connectivity index (χ1v) is 8.08. The molecule has 0 spiro atoms. The van der Waals surface area contributed by atoms with Gasteiger partial charge in [-0.1, -0.05) is 18.2 Å². The smallest absolute Gasteiger partial charge is 0.315 e. The summed E-state index contributed by atoms with van der Waals surface area (Å²) in [4.78, 5) is 28.4. The Balaban J connectivity index is 1.70. The Labute approximate surface area is 151 Å². The molecule has 26 heavy (non-hydrogen) atoms. The van der Waals surface area contributed by atoms with Crippen LogP contribution in [-0.2, 0) is 6.54 Å². The van der Waals surface area contributed by atoms with Crippen molar-refractivity contribution in [1.82, 2.24) is 15.6 Å². The van der Waals surface area contributed by atoms with Gasteiger partial charge in [0.15, 0.2) is 0 Å². The average molecular weight is 358 g/mol. The highest BCUT2D eigenvalue weighted by Crippen LogP contribution is 2.22. The van der Waals surface area contributed by atoms with E-state index in [4.69, 9.17) is 0 Å². The van der Waals surface area contributed by atoms with Crippen LogP contribution in [0.2, 0.25) is 0 Å². The van der Waals surface area contributed by atoms with Crippen LogP contribution in [0.25, 0.3) is 0 Å². The number of rotatable bonds is 8. The van der Waals surface area contributed by atoms with E-state index < -0.39 is 4.92 Å². The lowest BCUT2D eigenvalue weighted by atomic mass is 10.2. The number of pyridine rings is 1. The van der Waals surface area contributed by atoms with Gasteiger partial charge in [-0.15, -0.1) is 0 Å². The monoisotopic (exact) mass is 358 g/mol. The Morgan fingerprint density at radius 3 is 2.58 bits per heavy atom. The molecule has 0 atom stereocenters. The van der Waals surface area contributed by atoms with Crippen molar-refractivity contribution in [1.29, 1.82) is 0 Å². The number of carbonyl (C=O) groups is 1. The molecule has 0 radical (unpaired) electrons. The van der Waals surface area contributed by atoms with Crippen LogP contribution in [-0.4, -0.2) is 43.1 Å². The number of hydrogen-bond acceptors (Lipinski definition) is 6. The Bertz CT molecular complexity index is 748. The molecule has 9 nitrogen and oxygen atoms in total. The third kappa shape index (κ3) is 5.62. The fourth-order valence-corrected chi connectivity index (χ4v) is 2.19. The maximum absolute atomic E-state index is 11.8. The van der Waals surface area contributed by atoms with Crippen LogP contribution >= 0.6 is 0 Å². The van der Waals surface area contributed by atoms with E-state index in [1.807, 2.05) is 31.1 Å². The minimum Gasteiger partial charge on any atom is -0.378 e. The van der Waals surface area contributed by atoms with Crippen molar-refractivity contribution in [2.45, 2.75) is 6.54 Å². The minimum absolute atomic E-state index is 0.00521. The fourth-order valence-electron chi connectivity index (χ4n) is 2.19. The van der Waals surface area contributed by atoms with Gasteiger partial charge in [0.25, 0.3) is 5.69 Å². The zero-order valence-corrected chi connectivity index (χ0v) is 14.7. The molecule has 9 heteroatoms. The second kappa shape index (κ2) is 9.21. The molecule has 3 N–H and O–H groups in total. The molecule has 0 fully saturated rings. The van der Waals surface area contributed by atoms with Crippen LogP contribution < -0.4 is 20.9 Å². The molecule has 0 aliphatic carbocycles. The summed E-state index contributed by atoms with van der Waals surface area (Å²) in [6.45, 7) is 1.07. The second-order valence-corrected chi connectivity index (χ2v) is 5.73. The third-order valence-electron chi connectivity index (χ3n) is 3.55. The molecule has 2 rings (SSSR count). The molecule has 2 aromatic rings. The number of para-hydroxylation sites is 2. The maximum atomic E-state index is 11.8. The lowest BCUT2D eigenvalue weighted by Crippen LogP contribution is -2.37. The van der Waals surface area contributed by atoms with E-state index in [-0.39, 0.29) is 11.7 Å². The SMILES string of the molecule is CN(C)c1ccc(CNC(=O)NCCNc2ccccc2[N+](=O)[O-])cn1. The van der Waals surface area contributed by atoms with Crippen LogP contribution in [0.15, 0.2) is 42.6 Å². The predicted molar refractivity (Wildman–Crippen MR) is 100 cm³/mol. The van der Waals surface area contributed by atoms with Gasteiger partial charge in [0.1, 0.15) is 11.5 Å². The molecular weight excluding hydrogens is 336 g/mol. The molecule has 138 valence electrons. The van der Waals surface area contributed by atoms with Crippen LogP contribution in [0.5, 0.6) is 0 Å². The number of hydrogen-bond donors (Lipinski definition) is 3. The van der Waals surface area contributed by atoms with Gasteiger partial charge < -0.3 is 20.9 Å². The number of aromatic nitrogens is 1. The topological polar surface area (TPSA) is 112 Å². The summed E-state index contributed by atoms with van der Waals surface area (Å²) in [6, 6.07) is 9.84. The Morgan fingerprint density at radius 2 is 1.92 bits per heavy atom. The van der Waals surface area contributed by atoms with E-state index >= 15 is 0 Å². The van der Waals surface area contributed by atoms with E-state index in [0.717, 1.165) is 11.4 Å². The summed E-state index contributed by atoms with van der Waals surface area (Å²) >= 11 is 0. The summed E-state index contributed by atoms with van der Waals surface area (Å²) < 4.78 is 0. The number of nitro groups is 1. The summed E-state index contributed by atoms with van der Waals surface area (Å²) in [7, 11) is 3.82. The quantitative estimate of drug-likeness (QED) is 0.378. The summed E-state index contributed by atoms with van der Waals surface area (Å²) in [6.07, 6.45) is 1.71. The number of nitrogens with one attached hydrogen (secondary N) is 3. The number of urea groups is 1. The molecule has 0 unspecified atom stereocenters. The molecule has 0 bridgehead atoms. The zero-order valence-electron chi connectivity index (χ0n) is 14.7. The van der Waals surface area contributed by atoms with E-state index in [9.17, 15) is 14.9 Å². The number of nitrogens with zero attached hydrogens (tertiary/aromatic N) is 3. The molecule has 2 amide bonds. The van der Waals surface area contributed by atoms with E-state index in [2.05, 4.69) is 20.9 Å². The normalized spacial score (nSPS) is 10.1. The first-order valence-electron chi connectivity index (χ1n) is 8.08. The number of benzene rings is 1. The Morgan fingerprint density at radius 1 is 1.15 bits per heavy atom. The van der Waals surface area contributed by atoms with Crippen LogP contribution in [0, 0.1) is 10.1 Å². The van der Waals surface area contributed by atoms with E-state index in [1.165, 1.54) is 6.07 Å². The molecule has 1 aromatic carbocycles. The van der Waals surface area contributed by atoms with Crippen molar-refractivity contribution in [3.8, 4) is 0 Å². The van der Waals surface area contributed by atoms with Gasteiger partial charge in [0.2, 0.25) is 0 Å². The van der Waals surface area contributed by atoms with Gasteiger partial charge in [-0.3, -0.25) is 10.1 Å². The molecule has 0 saturated heterocycles. The molecule has 0 aliphatic heterocycles. The average Bonchev–Trinajstić information content (AvgIpc) is 2.64. The van der Waals surface area contributed by atoms with Gasteiger partial charge in [-0.25, -0.2) is 9.78 Å². The van der Waals surface area contributed by atoms with E-state index in [0.29, 0.717) is 25.3 Å². The fraction of sp³-hybridized carbons (Fsp3) is 0.294. The van der Waals surface area contributed by atoms with Gasteiger partial charge in [0, 0.05) is 46.0 Å². The molecule has 0 saturated carbocycles. The predicted octanol–water partition coefficient (Wildman–Crippen LogP) is 1.97. The van der Waals surface area contributed by atoms with Crippen LogP contribution in [0.1, 0.15) is 5.56 Å². The first kappa shape index (κ1) is 19.0. The van der Waals surface area contributed by atoms with Crippen molar-refractivity contribution < 1.29 is 9.72 Å². The number of nitro benzene ring substituents is 1. The molecule has 0 aliphatic rings. The largest absolute Gasteiger partial charge is 0.378 e. The number of anilines is 2. The highest BCUT2D eigenvalue weighted by Gasteiger charge is 2.11. The van der Waals surface area contributed by atoms with Crippen molar-refractivity contribution in [2.24, 2.45) is 0 Å². The zero-order chi connectivity index (χ0) is 18.9. The van der Waals surface area contributed by atoms with Crippen molar-refractivity contribution in [3.63, 3.8) is 0 Å². The van der Waals surface area contributed by atoms with Crippen molar-refractivity contribution >= 4 is 23.2 Å².